The summed E-state index contributed by atoms with van der Waals surface area (Å²) in [6, 6.07) is 3.16. The van der Waals surface area contributed by atoms with Gasteiger partial charge in [-0.3, -0.25) is 4.79 Å². The molecule has 0 radical (unpaired) electrons. The Morgan fingerprint density at radius 2 is 2.24 bits per heavy atom. The van der Waals surface area contributed by atoms with Gasteiger partial charge in [0.25, 0.3) is 0 Å². The fourth-order valence-corrected chi connectivity index (χ4v) is 1.35. The summed E-state index contributed by atoms with van der Waals surface area (Å²) >= 11 is 0. The number of anilines is 1. The molecule has 17 heavy (non-hydrogen) atoms. The molecule has 0 amide bonds. The first-order valence-electron chi connectivity index (χ1n) is 5.11. The maximum atomic E-state index is 11.6. The van der Waals surface area contributed by atoms with Gasteiger partial charge in [-0.1, -0.05) is 0 Å². The molecule has 6 heteroatoms. The smallest absolute Gasteiger partial charge is 0.341 e. The summed E-state index contributed by atoms with van der Waals surface area (Å²) in [5.41, 5.74) is 0.262. The molecule has 1 aromatic rings. The van der Waals surface area contributed by atoms with Crippen molar-refractivity contribution in [2.45, 2.75) is 6.92 Å². The van der Waals surface area contributed by atoms with Gasteiger partial charge in [0.15, 0.2) is 0 Å². The van der Waals surface area contributed by atoms with Crippen molar-refractivity contribution in [1.82, 2.24) is 4.98 Å². The van der Waals surface area contributed by atoms with E-state index in [0.29, 0.717) is 5.82 Å². The number of likely N-dealkylation sites (N-methyl/N-ethyl adjacent to an activating group) is 1. The normalized spacial score (nSPS) is 9.76. The molecule has 1 N–H and O–H groups in total. The third kappa shape index (κ3) is 3.44. The second-order valence-corrected chi connectivity index (χ2v) is 3.34. The molecule has 0 aliphatic carbocycles. The topological polar surface area (TPSA) is 79.7 Å². The van der Waals surface area contributed by atoms with E-state index in [0.717, 1.165) is 0 Å². The number of hydrogen-bond acceptors (Lipinski definition) is 5. The minimum Gasteiger partial charge on any atom is -0.480 e. The van der Waals surface area contributed by atoms with Crippen LogP contribution in [-0.4, -0.2) is 42.2 Å². The minimum absolute atomic E-state index is 0.233. The fraction of sp³-hybridized carbons (Fsp3) is 0.364. The monoisotopic (exact) mass is 238 g/mol. The number of esters is 1. The Bertz CT molecular complexity index is 420. The summed E-state index contributed by atoms with van der Waals surface area (Å²) in [6.07, 6.45) is 1.50. The van der Waals surface area contributed by atoms with Crippen LogP contribution in [0.4, 0.5) is 5.82 Å². The number of carbonyl (C=O) groups excluding carboxylic acids is 1. The highest BCUT2D eigenvalue weighted by atomic mass is 16.5. The van der Waals surface area contributed by atoms with Crippen molar-refractivity contribution in [3.8, 4) is 0 Å². The Morgan fingerprint density at radius 1 is 1.53 bits per heavy atom. The van der Waals surface area contributed by atoms with E-state index < -0.39 is 11.9 Å². The minimum atomic E-state index is -0.993. The highest BCUT2D eigenvalue weighted by Crippen LogP contribution is 2.16. The van der Waals surface area contributed by atoms with Crippen LogP contribution in [0.5, 0.6) is 0 Å². The summed E-state index contributed by atoms with van der Waals surface area (Å²) in [6.45, 7) is 1.73. The van der Waals surface area contributed by atoms with Gasteiger partial charge in [0.05, 0.1) is 6.61 Å². The van der Waals surface area contributed by atoms with Crippen LogP contribution >= 0.6 is 0 Å². The molecule has 1 aromatic heterocycles. The lowest BCUT2D eigenvalue weighted by Gasteiger charge is -2.17. The molecule has 1 rings (SSSR count). The number of aliphatic carboxylic acids is 1. The van der Waals surface area contributed by atoms with Gasteiger partial charge in [0.2, 0.25) is 0 Å². The lowest BCUT2D eigenvalue weighted by Crippen LogP contribution is -2.28. The largest absolute Gasteiger partial charge is 0.480 e. The molecule has 0 atom stereocenters. The van der Waals surface area contributed by atoms with Crippen molar-refractivity contribution in [3.05, 3.63) is 23.9 Å². The third-order valence-electron chi connectivity index (χ3n) is 2.02. The summed E-state index contributed by atoms with van der Waals surface area (Å²) in [7, 11) is 1.55. The van der Waals surface area contributed by atoms with Crippen LogP contribution in [0.1, 0.15) is 17.3 Å². The lowest BCUT2D eigenvalue weighted by molar-refractivity contribution is -0.135. The number of ether oxygens (including phenoxy) is 1. The average molecular weight is 238 g/mol. The van der Waals surface area contributed by atoms with Gasteiger partial charge in [-0.15, -0.1) is 0 Å². The summed E-state index contributed by atoms with van der Waals surface area (Å²) < 4.78 is 4.87. The maximum absolute atomic E-state index is 11.6. The quantitative estimate of drug-likeness (QED) is 0.763. The van der Waals surface area contributed by atoms with E-state index in [1.165, 1.54) is 11.1 Å². The molecule has 0 saturated carbocycles. The predicted octanol–water partition coefficient (Wildman–Crippen LogP) is 0.779. The van der Waals surface area contributed by atoms with Gasteiger partial charge in [-0.25, -0.2) is 9.78 Å². The van der Waals surface area contributed by atoms with Crippen LogP contribution < -0.4 is 4.90 Å². The van der Waals surface area contributed by atoms with Gasteiger partial charge in [-0.05, 0) is 19.1 Å². The second kappa shape index (κ2) is 5.83. The molecule has 0 bridgehead atoms. The van der Waals surface area contributed by atoms with E-state index in [-0.39, 0.29) is 18.7 Å². The van der Waals surface area contributed by atoms with Crippen molar-refractivity contribution >= 4 is 17.8 Å². The second-order valence-electron chi connectivity index (χ2n) is 3.34. The van der Waals surface area contributed by atoms with E-state index in [1.54, 1.807) is 26.1 Å². The predicted molar refractivity (Wildman–Crippen MR) is 61.1 cm³/mol. The lowest BCUT2D eigenvalue weighted by atomic mass is 10.2. The summed E-state index contributed by atoms with van der Waals surface area (Å²) in [5, 5.41) is 8.69. The number of carbonyl (C=O) groups is 2. The zero-order valence-electron chi connectivity index (χ0n) is 9.71. The highest BCUT2D eigenvalue weighted by Gasteiger charge is 2.17. The number of carboxylic acid groups (broad SMARTS) is 1. The SMILES string of the molecule is CCOC(=O)c1cccnc1N(C)CC(=O)O. The Labute approximate surface area is 98.8 Å². The number of pyridine rings is 1. The fourth-order valence-electron chi connectivity index (χ4n) is 1.35. The summed E-state index contributed by atoms with van der Waals surface area (Å²) in [4.78, 5) is 27.6. The van der Waals surface area contributed by atoms with Gasteiger partial charge >= 0.3 is 11.9 Å². The Morgan fingerprint density at radius 3 is 2.82 bits per heavy atom. The first-order chi connectivity index (χ1) is 8.06. The van der Waals surface area contributed by atoms with E-state index in [9.17, 15) is 9.59 Å². The van der Waals surface area contributed by atoms with Crippen LogP contribution in [-0.2, 0) is 9.53 Å². The van der Waals surface area contributed by atoms with Crippen molar-refractivity contribution in [2.75, 3.05) is 25.1 Å². The molecule has 0 saturated heterocycles. The molecule has 92 valence electrons. The van der Waals surface area contributed by atoms with Gasteiger partial charge < -0.3 is 14.7 Å². The van der Waals surface area contributed by atoms with Gasteiger partial charge in [0.1, 0.15) is 17.9 Å². The molecule has 0 spiro atoms. The molecule has 1 heterocycles. The van der Waals surface area contributed by atoms with Crippen LogP contribution in [0.25, 0.3) is 0 Å². The molecular formula is C11H14N2O4. The van der Waals surface area contributed by atoms with Crippen molar-refractivity contribution in [1.29, 1.82) is 0 Å². The zero-order chi connectivity index (χ0) is 12.8. The van der Waals surface area contributed by atoms with Gasteiger partial charge in [0, 0.05) is 13.2 Å². The summed E-state index contributed by atoms with van der Waals surface area (Å²) in [5.74, 6) is -1.20. The number of rotatable bonds is 5. The molecule has 0 aliphatic heterocycles. The third-order valence-corrected chi connectivity index (χ3v) is 2.02. The van der Waals surface area contributed by atoms with Crippen LogP contribution in [0.3, 0.4) is 0 Å². The van der Waals surface area contributed by atoms with Crippen LogP contribution in [0.2, 0.25) is 0 Å². The number of carboxylic acids is 1. The molecule has 0 aromatic carbocycles. The van der Waals surface area contributed by atoms with Crippen molar-refractivity contribution in [2.24, 2.45) is 0 Å². The molecule has 0 unspecified atom stereocenters. The maximum Gasteiger partial charge on any atom is 0.341 e. The van der Waals surface area contributed by atoms with Crippen LogP contribution in [0, 0.1) is 0 Å². The molecule has 0 fully saturated rings. The van der Waals surface area contributed by atoms with E-state index in [4.69, 9.17) is 9.84 Å². The van der Waals surface area contributed by atoms with E-state index in [2.05, 4.69) is 4.98 Å². The Balaban J connectivity index is 2.98. The number of nitrogens with zero attached hydrogens (tertiary/aromatic N) is 2. The Hall–Kier alpha value is -2.11. The molecular weight excluding hydrogens is 224 g/mol. The van der Waals surface area contributed by atoms with E-state index in [1.807, 2.05) is 0 Å². The number of hydrogen-bond donors (Lipinski definition) is 1. The van der Waals surface area contributed by atoms with E-state index >= 15 is 0 Å². The average Bonchev–Trinajstić information content (AvgIpc) is 2.28. The standard InChI is InChI=1S/C11H14N2O4/c1-3-17-11(16)8-5-4-6-12-10(8)13(2)7-9(14)15/h4-6H,3,7H2,1-2H3,(H,14,15). The number of aromatic nitrogens is 1. The first-order valence-corrected chi connectivity index (χ1v) is 5.11. The highest BCUT2D eigenvalue weighted by molar-refractivity contribution is 5.95. The Kier molecular flexibility index (Phi) is 4.45. The van der Waals surface area contributed by atoms with Crippen LogP contribution in [0.15, 0.2) is 18.3 Å². The zero-order valence-corrected chi connectivity index (χ0v) is 9.71. The molecule has 0 aliphatic rings. The van der Waals surface area contributed by atoms with Crippen molar-refractivity contribution in [3.63, 3.8) is 0 Å². The van der Waals surface area contributed by atoms with Crippen molar-refractivity contribution < 1.29 is 19.4 Å². The van der Waals surface area contributed by atoms with Gasteiger partial charge in [-0.2, -0.15) is 0 Å². The molecule has 6 nitrogen and oxygen atoms in total. The first kappa shape index (κ1) is 13.0.